The monoisotopic (exact) mass is 294 g/mol. The second-order valence-electron chi connectivity index (χ2n) is 4.37. The van der Waals surface area contributed by atoms with Gasteiger partial charge in [-0.15, -0.1) is 0 Å². The second kappa shape index (κ2) is 6.49. The number of rotatable bonds is 4. The highest BCUT2D eigenvalue weighted by Crippen LogP contribution is 2.16. The van der Waals surface area contributed by atoms with Crippen molar-refractivity contribution in [2.45, 2.75) is 13.0 Å². The molecule has 2 aromatic rings. The van der Waals surface area contributed by atoms with Crippen molar-refractivity contribution in [3.8, 4) is 0 Å². The van der Waals surface area contributed by atoms with Crippen molar-refractivity contribution in [2.24, 2.45) is 0 Å². The molecule has 0 saturated carbocycles. The second-order valence-corrected chi connectivity index (χ2v) is 5.15. The zero-order valence-electron chi connectivity index (χ0n) is 10.9. The van der Waals surface area contributed by atoms with E-state index in [1.165, 1.54) is 17.4 Å². The third-order valence-electron chi connectivity index (χ3n) is 2.81. The highest BCUT2D eigenvalue weighted by atomic mass is 32.1. The number of thiophene rings is 1. The standard InChI is InChI=1S/C14H15FN2O2S/c1-9-2-3-11(6-12(9)15)17-14(19)16-7-13(18)10-4-5-20-8-10/h2-6,8,13,18H,7H2,1H3,(H2,16,17,19). The minimum absolute atomic E-state index is 0.0942. The number of aliphatic hydroxyl groups is 1. The van der Waals surface area contributed by atoms with Crippen molar-refractivity contribution in [1.29, 1.82) is 0 Å². The summed E-state index contributed by atoms with van der Waals surface area (Å²) in [5, 5.41) is 18.5. The van der Waals surface area contributed by atoms with E-state index >= 15 is 0 Å². The Labute approximate surface area is 120 Å². The average Bonchev–Trinajstić information content (AvgIpc) is 2.94. The van der Waals surface area contributed by atoms with E-state index in [9.17, 15) is 14.3 Å². The smallest absolute Gasteiger partial charge is 0.319 e. The van der Waals surface area contributed by atoms with Crippen LogP contribution >= 0.6 is 11.3 Å². The Morgan fingerprint density at radius 1 is 1.45 bits per heavy atom. The van der Waals surface area contributed by atoms with Gasteiger partial charge in [0.25, 0.3) is 0 Å². The number of halogens is 1. The summed E-state index contributed by atoms with van der Waals surface area (Å²) in [7, 11) is 0. The molecule has 0 aliphatic heterocycles. The quantitative estimate of drug-likeness (QED) is 0.811. The van der Waals surface area contributed by atoms with Gasteiger partial charge in [0.05, 0.1) is 6.10 Å². The van der Waals surface area contributed by atoms with Gasteiger partial charge in [0.15, 0.2) is 0 Å². The average molecular weight is 294 g/mol. The lowest BCUT2D eigenvalue weighted by molar-refractivity contribution is 0.175. The summed E-state index contributed by atoms with van der Waals surface area (Å²) >= 11 is 1.48. The SMILES string of the molecule is Cc1ccc(NC(=O)NCC(O)c2ccsc2)cc1F. The molecular weight excluding hydrogens is 279 g/mol. The van der Waals surface area contributed by atoms with Crippen LogP contribution in [-0.4, -0.2) is 17.7 Å². The minimum atomic E-state index is -0.748. The molecule has 3 N–H and O–H groups in total. The first-order valence-corrected chi connectivity index (χ1v) is 7.01. The normalized spacial score (nSPS) is 11.9. The predicted molar refractivity (Wildman–Crippen MR) is 77.4 cm³/mol. The van der Waals surface area contributed by atoms with Crippen LogP contribution in [0.4, 0.5) is 14.9 Å². The molecule has 0 aliphatic carbocycles. The van der Waals surface area contributed by atoms with Crippen LogP contribution in [0.25, 0.3) is 0 Å². The van der Waals surface area contributed by atoms with E-state index in [4.69, 9.17) is 0 Å². The molecule has 0 spiro atoms. The number of hydrogen-bond donors (Lipinski definition) is 3. The zero-order valence-corrected chi connectivity index (χ0v) is 11.7. The van der Waals surface area contributed by atoms with Crippen LogP contribution in [-0.2, 0) is 0 Å². The van der Waals surface area contributed by atoms with Gasteiger partial charge < -0.3 is 15.7 Å². The van der Waals surface area contributed by atoms with E-state index in [2.05, 4.69) is 10.6 Å². The lowest BCUT2D eigenvalue weighted by Crippen LogP contribution is -2.32. The summed E-state index contributed by atoms with van der Waals surface area (Å²) in [6.45, 7) is 1.74. The molecule has 6 heteroatoms. The van der Waals surface area contributed by atoms with Crippen LogP contribution in [0.15, 0.2) is 35.0 Å². The van der Waals surface area contributed by atoms with Crippen molar-refractivity contribution in [3.63, 3.8) is 0 Å². The fourth-order valence-corrected chi connectivity index (χ4v) is 2.32. The molecule has 2 rings (SSSR count). The van der Waals surface area contributed by atoms with Crippen molar-refractivity contribution in [3.05, 3.63) is 52.0 Å². The fourth-order valence-electron chi connectivity index (χ4n) is 1.62. The van der Waals surface area contributed by atoms with Crippen LogP contribution in [0.5, 0.6) is 0 Å². The van der Waals surface area contributed by atoms with Gasteiger partial charge in [0.1, 0.15) is 5.82 Å². The van der Waals surface area contributed by atoms with Crippen LogP contribution in [0.3, 0.4) is 0 Å². The van der Waals surface area contributed by atoms with Gasteiger partial charge in [-0.25, -0.2) is 9.18 Å². The molecule has 4 nitrogen and oxygen atoms in total. The van der Waals surface area contributed by atoms with Crippen molar-refractivity contribution >= 4 is 23.1 Å². The van der Waals surface area contributed by atoms with E-state index in [0.29, 0.717) is 11.3 Å². The highest BCUT2D eigenvalue weighted by molar-refractivity contribution is 7.07. The third kappa shape index (κ3) is 3.79. The largest absolute Gasteiger partial charge is 0.387 e. The molecule has 1 aromatic heterocycles. The Bertz CT molecular complexity index is 587. The molecule has 0 aliphatic rings. The molecule has 0 fully saturated rings. The van der Waals surface area contributed by atoms with E-state index in [0.717, 1.165) is 5.56 Å². The lowest BCUT2D eigenvalue weighted by atomic mass is 10.2. The van der Waals surface area contributed by atoms with Crippen molar-refractivity contribution in [2.75, 3.05) is 11.9 Å². The van der Waals surface area contributed by atoms with Gasteiger partial charge in [-0.05, 0) is 47.0 Å². The summed E-state index contributed by atoms with van der Waals surface area (Å²) in [6, 6.07) is 5.77. The molecular formula is C14H15FN2O2S. The minimum Gasteiger partial charge on any atom is -0.387 e. The fraction of sp³-hybridized carbons (Fsp3) is 0.214. The number of benzene rings is 1. The van der Waals surface area contributed by atoms with Crippen LogP contribution in [0.2, 0.25) is 0 Å². The van der Waals surface area contributed by atoms with Gasteiger partial charge >= 0.3 is 6.03 Å². The maximum Gasteiger partial charge on any atom is 0.319 e. The van der Waals surface area contributed by atoms with E-state index in [1.54, 1.807) is 25.1 Å². The Morgan fingerprint density at radius 2 is 2.25 bits per heavy atom. The van der Waals surface area contributed by atoms with Gasteiger partial charge in [0, 0.05) is 12.2 Å². The van der Waals surface area contributed by atoms with Crippen LogP contribution in [0.1, 0.15) is 17.2 Å². The van der Waals surface area contributed by atoms with Crippen LogP contribution in [0, 0.1) is 12.7 Å². The molecule has 1 aromatic carbocycles. The molecule has 0 radical (unpaired) electrons. The molecule has 1 unspecified atom stereocenters. The number of amides is 2. The Balaban J connectivity index is 1.85. The number of nitrogens with one attached hydrogen (secondary N) is 2. The number of carbonyl (C=O) groups excluding carboxylic acids is 1. The topological polar surface area (TPSA) is 61.4 Å². The Morgan fingerprint density at radius 3 is 2.90 bits per heavy atom. The number of anilines is 1. The van der Waals surface area contributed by atoms with E-state index < -0.39 is 12.1 Å². The molecule has 20 heavy (non-hydrogen) atoms. The third-order valence-corrected chi connectivity index (χ3v) is 3.52. The van der Waals surface area contributed by atoms with Crippen LogP contribution < -0.4 is 10.6 Å². The summed E-state index contributed by atoms with van der Waals surface area (Å²) in [4.78, 5) is 11.6. The first kappa shape index (κ1) is 14.5. The number of hydrogen-bond acceptors (Lipinski definition) is 3. The molecule has 2 amide bonds. The first-order chi connectivity index (χ1) is 9.56. The van der Waals surface area contributed by atoms with Gasteiger partial charge in [-0.3, -0.25) is 0 Å². The molecule has 1 heterocycles. The summed E-state index contributed by atoms with van der Waals surface area (Å²) < 4.78 is 13.3. The van der Waals surface area contributed by atoms with Crippen molar-refractivity contribution in [1.82, 2.24) is 5.32 Å². The summed E-state index contributed by atoms with van der Waals surface area (Å²) in [6.07, 6.45) is -0.748. The maximum absolute atomic E-state index is 13.3. The Hall–Kier alpha value is -1.92. The summed E-state index contributed by atoms with van der Waals surface area (Å²) in [5.41, 5.74) is 1.65. The highest BCUT2D eigenvalue weighted by Gasteiger charge is 2.10. The first-order valence-electron chi connectivity index (χ1n) is 6.07. The number of aryl methyl sites for hydroxylation is 1. The maximum atomic E-state index is 13.3. The zero-order chi connectivity index (χ0) is 14.5. The molecule has 0 bridgehead atoms. The number of aliphatic hydroxyl groups excluding tert-OH is 1. The molecule has 0 saturated heterocycles. The van der Waals surface area contributed by atoms with Gasteiger partial charge in [-0.2, -0.15) is 11.3 Å². The Kier molecular flexibility index (Phi) is 4.70. The van der Waals surface area contributed by atoms with Crippen molar-refractivity contribution < 1.29 is 14.3 Å². The molecule has 1 atom stereocenters. The lowest BCUT2D eigenvalue weighted by Gasteiger charge is -2.12. The van der Waals surface area contributed by atoms with E-state index in [-0.39, 0.29) is 12.4 Å². The number of carbonyl (C=O) groups is 1. The molecule has 106 valence electrons. The summed E-state index contributed by atoms with van der Waals surface area (Å²) in [5.74, 6) is -0.374. The van der Waals surface area contributed by atoms with Gasteiger partial charge in [-0.1, -0.05) is 6.07 Å². The van der Waals surface area contributed by atoms with E-state index in [1.807, 2.05) is 10.8 Å². The van der Waals surface area contributed by atoms with Gasteiger partial charge in [0.2, 0.25) is 0 Å². The predicted octanol–water partition coefficient (Wildman–Crippen LogP) is 3.05. The number of urea groups is 1.